The molecule has 0 heterocycles. The molecule has 0 aromatic heterocycles. The molecule has 422 valence electrons. The lowest BCUT2D eigenvalue weighted by Gasteiger charge is -2.18. The molecule has 6 nitrogen and oxygen atoms in total. The van der Waals surface area contributed by atoms with Crippen molar-refractivity contribution < 1.29 is 28.6 Å². The molecular formula is C67H118O6. The summed E-state index contributed by atoms with van der Waals surface area (Å²) in [7, 11) is 0. The minimum absolute atomic E-state index is 0.0710. The van der Waals surface area contributed by atoms with Gasteiger partial charge in [0.2, 0.25) is 0 Å². The van der Waals surface area contributed by atoms with Gasteiger partial charge in [-0.1, -0.05) is 299 Å². The number of carbonyl (C=O) groups is 3. The highest BCUT2D eigenvalue weighted by atomic mass is 16.6. The number of unbranched alkanes of at least 4 members (excludes halogenated alkanes) is 34. The van der Waals surface area contributed by atoms with Crippen LogP contribution < -0.4 is 0 Å². The van der Waals surface area contributed by atoms with Crippen LogP contribution in [0.25, 0.3) is 0 Å². The summed E-state index contributed by atoms with van der Waals surface area (Å²) in [5.41, 5.74) is 0. The second-order valence-corrected chi connectivity index (χ2v) is 21.0. The summed E-state index contributed by atoms with van der Waals surface area (Å²) in [6, 6.07) is 0. The molecule has 0 aromatic rings. The van der Waals surface area contributed by atoms with Gasteiger partial charge in [-0.25, -0.2) is 0 Å². The lowest BCUT2D eigenvalue weighted by atomic mass is 10.0. The van der Waals surface area contributed by atoms with Crippen LogP contribution in [0.1, 0.15) is 316 Å². The first kappa shape index (κ1) is 69.8. The van der Waals surface area contributed by atoms with Gasteiger partial charge in [0.25, 0.3) is 0 Å². The van der Waals surface area contributed by atoms with Gasteiger partial charge in [-0.15, -0.1) is 0 Å². The van der Waals surface area contributed by atoms with Crippen molar-refractivity contribution in [3.05, 3.63) is 72.9 Å². The van der Waals surface area contributed by atoms with E-state index in [-0.39, 0.29) is 31.1 Å². The van der Waals surface area contributed by atoms with Crippen molar-refractivity contribution >= 4 is 17.9 Å². The van der Waals surface area contributed by atoms with Gasteiger partial charge in [-0.3, -0.25) is 14.4 Å². The molecule has 0 saturated carbocycles. The molecule has 0 amide bonds. The topological polar surface area (TPSA) is 78.9 Å². The summed E-state index contributed by atoms with van der Waals surface area (Å²) in [4.78, 5) is 38.0. The number of hydrogen-bond acceptors (Lipinski definition) is 6. The molecule has 0 N–H and O–H groups in total. The average Bonchev–Trinajstić information content (AvgIpc) is 3.39. The highest BCUT2D eigenvalue weighted by Gasteiger charge is 2.19. The molecule has 0 aromatic carbocycles. The number of ether oxygens (including phenoxy) is 3. The van der Waals surface area contributed by atoms with Gasteiger partial charge in [0, 0.05) is 19.3 Å². The van der Waals surface area contributed by atoms with Crippen molar-refractivity contribution in [2.24, 2.45) is 0 Å². The van der Waals surface area contributed by atoms with Crippen molar-refractivity contribution in [3.8, 4) is 0 Å². The Balaban J connectivity index is 4.08. The van der Waals surface area contributed by atoms with Crippen LogP contribution in [0.2, 0.25) is 0 Å². The van der Waals surface area contributed by atoms with Crippen LogP contribution in [0.3, 0.4) is 0 Å². The molecule has 0 aliphatic heterocycles. The van der Waals surface area contributed by atoms with E-state index in [4.69, 9.17) is 14.2 Å². The van der Waals surface area contributed by atoms with Gasteiger partial charge >= 0.3 is 17.9 Å². The van der Waals surface area contributed by atoms with E-state index in [1.807, 2.05) is 0 Å². The molecular weight excluding hydrogens is 901 g/mol. The summed E-state index contributed by atoms with van der Waals surface area (Å²) in [6.07, 6.45) is 79.3. The van der Waals surface area contributed by atoms with Gasteiger partial charge in [-0.2, -0.15) is 0 Å². The van der Waals surface area contributed by atoms with Gasteiger partial charge < -0.3 is 14.2 Å². The van der Waals surface area contributed by atoms with Crippen LogP contribution in [-0.4, -0.2) is 37.2 Å². The number of hydrogen-bond donors (Lipinski definition) is 0. The Morgan fingerprint density at radius 3 is 0.836 bits per heavy atom. The summed E-state index contributed by atoms with van der Waals surface area (Å²) >= 11 is 0. The zero-order valence-electron chi connectivity index (χ0n) is 48.4. The minimum Gasteiger partial charge on any atom is -0.462 e. The van der Waals surface area contributed by atoms with Crippen LogP contribution in [0.15, 0.2) is 72.9 Å². The molecule has 0 rings (SSSR count). The molecule has 0 radical (unpaired) electrons. The Hall–Kier alpha value is -3.15. The highest BCUT2D eigenvalue weighted by molar-refractivity contribution is 5.71. The van der Waals surface area contributed by atoms with E-state index in [2.05, 4.69) is 93.7 Å². The fourth-order valence-corrected chi connectivity index (χ4v) is 9.04. The lowest BCUT2D eigenvalue weighted by molar-refractivity contribution is -0.167. The zero-order valence-corrected chi connectivity index (χ0v) is 48.4. The zero-order chi connectivity index (χ0) is 52.9. The molecule has 0 fully saturated rings. The van der Waals surface area contributed by atoms with Crippen molar-refractivity contribution in [1.29, 1.82) is 0 Å². The monoisotopic (exact) mass is 1020 g/mol. The molecule has 0 saturated heterocycles. The molecule has 0 spiro atoms. The van der Waals surface area contributed by atoms with E-state index in [1.54, 1.807) is 0 Å². The van der Waals surface area contributed by atoms with E-state index < -0.39 is 6.10 Å². The molecule has 6 heteroatoms. The van der Waals surface area contributed by atoms with E-state index in [0.717, 1.165) is 96.3 Å². The number of esters is 3. The Bertz CT molecular complexity index is 1360. The Morgan fingerprint density at radius 1 is 0.288 bits per heavy atom. The standard InChI is InChI=1S/C67H118O6/c1-4-7-10-13-16-18-20-22-24-26-27-28-29-30-31-32-33-34-35-36-37-38-39-41-42-44-46-48-51-54-57-60-66(69)72-63-64(62-71-65(68)59-56-53-50-15-12-9-6-3)73-67(70)61-58-55-52-49-47-45-43-40-25-23-21-19-17-14-11-8-5-2/h7,10,16,18,22,24,27-28,30-31,33-34,64H,4-6,8-9,11-15,17,19-21,23,25-26,29,32,35-63H2,1-3H3/b10-7-,18-16-,24-22-,28-27-,31-30-,34-33-. The number of rotatable bonds is 57. The summed E-state index contributed by atoms with van der Waals surface area (Å²) in [5, 5.41) is 0. The van der Waals surface area contributed by atoms with Gasteiger partial charge in [0.15, 0.2) is 6.10 Å². The molecule has 1 atom stereocenters. The van der Waals surface area contributed by atoms with E-state index in [9.17, 15) is 14.4 Å². The number of carbonyl (C=O) groups excluding carboxylic acids is 3. The molecule has 0 aliphatic rings. The van der Waals surface area contributed by atoms with Gasteiger partial charge in [-0.05, 0) is 70.6 Å². The van der Waals surface area contributed by atoms with Crippen LogP contribution in [-0.2, 0) is 28.6 Å². The van der Waals surface area contributed by atoms with E-state index in [0.29, 0.717) is 19.3 Å². The smallest absolute Gasteiger partial charge is 0.306 e. The molecule has 1 unspecified atom stereocenters. The normalized spacial score (nSPS) is 12.5. The third kappa shape index (κ3) is 59.6. The second-order valence-electron chi connectivity index (χ2n) is 21.0. The minimum atomic E-state index is -0.770. The van der Waals surface area contributed by atoms with Crippen molar-refractivity contribution in [1.82, 2.24) is 0 Å². The highest BCUT2D eigenvalue weighted by Crippen LogP contribution is 2.17. The maximum atomic E-state index is 12.8. The van der Waals surface area contributed by atoms with Crippen molar-refractivity contribution in [2.45, 2.75) is 322 Å². The van der Waals surface area contributed by atoms with Gasteiger partial charge in [0.05, 0.1) is 0 Å². The van der Waals surface area contributed by atoms with Crippen LogP contribution in [0, 0.1) is 0 Å². The third-order valence-corrected chi connectivity index (χ3v) is 13.7. The maximum absolute atomic E-state index is 12.8. The first-order valence-electron chi connectivity index (χ1n) is 31.4. The van der Waals surface area contributed by atoms with Crippen LogP contribution in [0.5, 0.6) is 0 Å². The fourth-order valence-electron chi connectivity index (χ4n) is 9.04. The predicted molar refractivity (Wildman–Crippen MR) is 316 cm³/mol. The fraction of sp³-hybridized carbons (Fsp3) is 0.776. The molecule has 0 aliphatic carbocycles. The van der Waals surface area contributed by atoms with Crippen molar-refractivity contribution in [2.75, 3.05) is 13.2 Å². The summed E-state index contributed by atoms with van der Waals surface area (Å²) < 4.78 is 16.8. The Morgan fingerprint density at radius 2 is 0.534 bits per heavy atom. The predicted octanol–water partition coefficient (Wildman–Crippen LogP) is 21.3. The largest absolute Gasteiger partial charge is 0.462 e. The maximum Gasteiger partial charge on any atom is 0.306 e. The summed E-state index contributed by atoms with van der Waals surface area (Å²) in [6.45, 7) is 6.52. The average molecular weight is 1020 g/mol. The molecule has 0 bridgehead atoms. The quantitative estimate of drug-likeness (QED) is 0.0261. The summed E-state index contributed by atoms with van der Waals surface area (Å²) in [5.74, 6) is -0.865. The second kappa shape index (κ2) is 61.4. The first-order valence-corrected chi connectivity index (χ1v) is 31.4. The SMILES string of the molecule is CC/C=C\C/C=C\C/C=C\C/C=C\C/C=C\C/C=C\CCCCCCCCCCCCCCC(=O)OCC(COC(=O)CCCCCCCCC)OC(=O)CCCCCCCCCCCCCCCCCCC. The Labute approximate surface area is 453 Å². The third-order valence-electron chi connectivity index (χ3n) is 13.7. The van der Waals surface area contributed by atoms with Crippen molar-refractivity contribution in [3.63, 3.8) is 0 Å². The van der Waals surface area contributed by atoms with Crippen LogP contribution in [0.4, 0.5) is 0 Å². The molecule has 73 heavy (non-hydrogen) atoms. The first-order chi connectivity index (χ1) is 36.0. The van der Waals surface area contributed by atoms with Crippen LogP contribution >= 0.6 is 0 Å². The lowest BCUT2D eigenvalue weighted by Crippen LogP contribution is -2.30. The van der Waals surface area contributed by atoms with E-state index >= 15 is 0 Å². The number of allylic oxidation sites excluding steroid dienone is 12. The van der Waals surface area contributed by atoms with Gasteiger partial charge in [0.1, 0.15) is 13.2 Å². The Kier molecular flexibility index (Phi) is 58.7. The van der Waals surface area contributed by atoms with E-state index in [1.165, 1.54) is 180 Å².